The minimum Gasteiger partial charge on any atom is -0.462 e. The lowest BCUT2D eigenvalue weighted by atomic mass is 9.95. The molecule has 2 aromatic heterocycles. The van der Waals surface area contributed by atoms with Crippen LogP contribution in [0.2, 0.25) is 0 Å². The zero-order valence-corrected chi connectivity index (χ0v) is 17.9. The number of fused-ring (bicyclic) bond motifs is 2. The van der Waals surface area contributed by atoms with Crippen molar-refractivity contribution in [1.29, 1.82) is 0 Å². The monoisotopic (exact) mass is 433 g/mol. The number of carbonyl (C=O) groups is 2. The minimum atomic E-state index is -0.375. The fourth-order valence-electron chi connectivity index (χ4n) is 3.86. The fourth-order valence-corrected chi connectivity index (χ4v) is 5.83. The maximum atomic E-state index is 12.6. The Morgan fingerprint density at radius 3 is 2.79 bits per heavy atom. The summed E-state index contributed by atoms with van der Waals surface area (Å²) in [6.45, 7) is 2.07. The summed E-state index contributed by atoms with van der Waals surface area (Å²) in [6, 6.07) is 0. The lowest BCUT2D eigenvalue weighted by Gasteiger charge is -2.12. The van der Waals surface area contributed by atoms with Crippen molar-refractivity contribution in [1.82, 2.24) is 9.97 Å². The van der Waals surface area contributed by atoms with Crippen LogP contribution in [0.25, 0.3) is 0 Å². The smallest absolute Gasteiger partial charge is 0.341 e. The summed E-state index contributed by atoms with van der Waals surface area (Å²) < 4.78 is 5.22. The van der Waals surface area contributed by atoms with Gasteiger partial charge >= 0.3 is 5.97 Å². The first-order valence-electron chi connectivity index (χ1n) is 9.93. The summed E-state index contributed by atoms with van der Waals surface area (Å²) in [6.07, 6.45) is 6.42. The van der Waals surface area contributed by atoms with E-state index in [9.17, 15) is 14.4 Å². The predicted octanol–water partition coefficient (Wildman–Crippen LogP) is 3.11. The number of nitrogens with zero attached hydrogens (tertiary/aromatic N) is 1. The molecular formula is C20H23N3O4S2. The maximum absolute atomic E-state index is 12.6. The number of aromatic nitrogens is 2. The number of hydrogen-bond acceptors (Lipinski definition) is 7. The Bertz CT molecular complexity index is 1010. The first kappa shape index (κ1) is 20.2. The van der Waals surface area contributed by atoms with Gasteiger partial charge in [0.15, 0.2) is 5.16 Å². The standard InChI is InChI=1S/C20H23N3O4S2/c1-2-27-19(26)16-12-6-3-4-9-14(12)29-18(16)22-15(24)10-28-20-21-13-8-5-7-11(13)17(25)23-20/h2-10H2,1H3,(H,22,24)(H,21,23,25). The highest BCUT2D eigenvalue weighted by Crippen LogP contribution is 2.38. The molecule has 0 unspecified atom stereocenters. The molecule has 0 aliphatic heterocycles. The van der Waals surface area contributed by atoms with Gasteiger partial charge in [-0.15, -0.1) is 11.3 Å². The third-order valence-electron chi connectivity index (χ3n) is 5.16. The van der Waals surface area contributed by atoms with Crippen molar-refractivity contribution in [3.05, 3.63) is 37.6 Å². The van der Waals surface area contributed by atoms with Gasteiger partial charge in [-0.3, -0.25) is 9.59 Å². The van der Waals surface area contributed by atoms with Crippen molar-refractivity contribution in [2.75, 3.05) is 17.7 Å². The van der Waals surface area contributed by atoms with Crippen LogP contribution in [-0.2, 0) is 35.2 Å². The van der Waals surface area contributed by atoms with Crippen LogP contribution in [0.15, 0.2) is 9.95 Å². The number of esters is 1. The second-order valence-corrected chi connectivity index (χ2v) is 9.19. The largest absolute Gasteiger partial charge is 0.462 e. The zero-order chi connectivity index (χ0) is 20.4. The number of hydrogen-bond donors (Lipinski definition) is 2. The second-order valence-electron chi connectivity index (χ2n) is 7.12. The number of nitrogens with one attached hydrogen (secondary N) is 2. The Kier molecular flexibility index (Phi) is 6.05. The van der Waals surface area contributed by atoms with E-state index in [0.29, 0.717) is 22.3 Å². The Hall–Kier alpha value is -2.13. The van der Waals surface area contributed by atoms with Gasteiger partial charge in [-0.1, -0.05) is 11.8 Å². The summed E-state index contributed by atoms with van der Waals surface area (Å²) in [5.74, 6) is -0.506. The topological polar surface area (TPSA) is 101 Å². The molecule has 4 rings (SSSR count). The number of thiophene rings is 1. The van der Waals surface area contributed by atoms with E-state index < -0.39 is 0 Å². The van der Waals surface area contributed by atoms with E-state index in [2.05, 4.69) is 15.3 Å². The van der Waals surface area contributed by atoms with Gasteiger partial charge in [0.2, 0.25) is 5.91 Å². The van der Waals surface area contributed by atoms with Gasteiger partial charge in [0.25, 0.3) is 5.56 Å². The number of thioether (sulfide) groups is 1. The number of amides is 1. The normalized spacial score (nSPS) is 14.9. The van der Waals surface area contributed by atoms with Crippen LogP contribution in [0.5, 0.6) is 0 Å². The van der Waals surface area contributed by atoms with Crippen LogP contribution in [0, 0.1) is 0 Å². The molecule has 0 saturated heterocycles. The molecule has 2 N–H and O–H groups in total. The fraction of sp³-hybridized carbons (Fsp3) is 0.500. The molecule has 0 aromatic carbocycles. The average Bonchev–Trinajstić information content (AvgIpc) is 3.31. The van der Waals surface area contributed by atoms with Gasteiger partial charge in [0.1, 0.15) is 5.00 Å². The summed E-state index contributed by atoms with van der Waals surface area (Å²) in [7, 11) is 0. The molecule has 154 valence electrons. The molecule has 7 nitrogen and oxygen atoms in total. The van der Waals surface area contributed by atoms with Crippen molar-refractivity contribution in [2.24, 2.45) is 0 Å². The van der Waals surface area contributed by atoms with Gasteiger partial charge < -0.3 is 15.0 Å². The highest BCUT2D eigenvalue weighted by atomic mass is 32.2. The van der Waals surface area contributed by atoms with Crippen LogP contribution in [0.3, 0.4) is 0 Å². The molecule has 0 saturated carbocycles. The van der Waals surface area contributed by atoms with E-state index in [1.165, 1.54) is 23.1 Å². The molecule has 2 heterocycles. The van der Waals surface area contributed by atoms with Crippen LogP contribution < -0.4 is 10.9 Å². The van der Waals surface area contributed by atoms with Crippen LogP contribution >= 0.6 is 23.1 Å². The molecule has 0 radical (unpaired) electrons. The van der Waals surface area contributed by atoms with Gasteiger partial charge in [-0.25, -0.2) is 9.78 Å². The molecular weight excluding hydrogens is 410 g/mol. The van der Waals surface area contributed by atoms with E-state index in [-0.39, 0.29) is 23.2 Å². The molecule has 0 bridgehead atoms. The third-order valence-corrected chi connectivity index (χ3v) is 7.24. The average molecular weight is 434 g/mol. The van der Waals surface area contributed by atoms with E-state index in [1.807, 2.05) is 0 Å². The van der Waals surface area contributed by atoms with Crippen molar-refractivity contribution in [2.45, 2.75) is 57.0 Å². The number of carbonyl (C=O) groups excluding carboxylic acids is 2. The van der Waals surface area contributed by atoms with Gasteiger partial charge in [0, 0.05) is 10.4 Å². The predicted molar refractivity (Wildman–Crippen MR) is 113 cm³/mol. The quantitative estimate of drug-likeness (QED) is 0.412. The third kappa shape index (κ3) is 4.25. The zero-order valence-electron chi connectivity index (χ0n) is 16.3. The lowest BCUT2D eigenvalue weighted by molar-refractivity contribution is -0.113. The van der Waals surface area contributed by atoms with Crippen molar-refractivity contribution in [3.63, 3.8) is 0 Å². The van der Waals surface area contributed by atoms with Crippen LogP contribution in [0.4, 0.5) is 5.00 Å². The highest BCUT2D eigenvalue weighted by molar-refractivity contribution is 7.99. The first-order chi connectivity index (χ1) is 14.1. The Morgan fingerprint density at radius 2 is 1.97 bits per heavy atom. The van der Waals surface area contributed by atoms with Crippen molar-refractivity contribution in [3.8, 4) is 0 Å². The molecule has 1 amide bonds. The van der Waals surface area contributed by atoms with Gasteiger partial charge in [-0.05, 0) is 57.4 Å². The Labute approximate surface area is 176 Å². The summed E-state index contributed by atoms with van der Waals surface area (Å²) in [5.41, 5.74) is 3.03. The highest BCUT2D eigenvalue weighted by Gasteiger charge is 2.27. The molecule has 9 heteroatoms. The summed E-state index contributed by atoms with van der Waals surface area (Å²) in [5, 5.41) is 3.91. The lowest BCUT2D eigenvalue weighted by Crippen LogP contribution is -2.18. The number of anilines is 1. The van der Waals surface area contributed by atoms with Crippen LogP contribution in [0.1, 0.15) is 58.2 Å². The number of ether oxygens (including phenoxy) is 1. The first-order valence-corrected chi connectivity index (χ1v) is 11.7. The molecule has 29 heavy (non-hydrogen) atoms. The molecule has 2 aliphatic rings. The molecule has 0 atom stereocenters. The maximum Gasteiger partial charge on any atom is 0.341 e. The number of rotatable bonds is 6. The summed E-state index contributed by atoms with van der Waals surface area (Å²) in [4.78, 5) is 45.5. The van der Waals surface area contributed by atoms with E-state index in [1.54, 1.807) is 6.92 Å². The molecule has 0 fully saturated rings. The molecule has 2 aliphatic carbocycles. The SMILES string of the molecule is CCOC(=O)c1c(NC(=O)CSc2nc3c(c(=O)[nH]2)CCC3)sc2c1CCCC2. The van der Waals surface area contributed by atoms with Crippen LogP contribution in [-0.4, -0.2) is 34.2 Å². The van der Waals surface area contributed by atoms with Crippen molar-refractivity contribution >= 4 is 40.0 Å². The molecule has 0 spiro atoms. The van der Waals surface area contributed by atoms with Gasteiger partial charge in [-0.2, -0.15) is 0 Å². The number of aromatic amines is 1. The van der Waals surface area contributed by atoms with E-state index >= 15 is 0 Å². The molecule has 2 aromatic rings. The number of aryl methyl sites for hydroxylation is 2. The van der Waals surface area contributed by atoms with Gasteiger partial charge in [0.05, 0.1) is 23.6 Å². The number of H-pyrrole nitrogens is 1. The van der Waals surface area contributed by atoms with E-state index in [0.717, 1.165) is 66.6 Å². The second kappa shape index (κ2) is 8.71. The van der Waals surface area contributed by atoms with E-state index in [4.69, 9.17) is 4.74 Å². The van der Waals surface area contributed by atoms with Crippen molar-refractivity contribution < 1.29 is 14.3 Å². The Morgan fingerprint density at radius 1 is 1.17 bits per heavy atom. The Balaban J connectivity index is 1.47. The minimum absolute atomic E-state index is 0.104. The summed E-state index contributed by atoms with van der Waals surface area (Å²) >= 11 is 2.67.